The molecule has 1 aromatic rings. The number of aryl methyl sites for hydroxylation is 1. The number of sulfone groups is 1. The first kappa shape index (κ1) is 10.2. The van der Waals surface area contributed by atoms with Gasteiger partial charge in [-0.15, -0.1) is 0 Å². The Labute approximate surface area is 78.5 Å². The van der Waals surface area contributed by atoms with Gasteiger partial charge in [0.05, 0.1) is 11.4 Å². The molecule has 0 aliphatic carbocycles. The Balaban J connectivity index is 3.02. The van der Waals surface area contributed by atoms with Gasteiger partial charge in [0.2, 0.25) is 0 Å². The Morgan fingerprint density at radius 3 is 2.23 bits per heavy atom. The molecule has 0 aliphatic rings. The molecule has 0 atom stereocenters. The summed E-state index contributed by atoms with van der Waals surface area (Å²) in [6.07, 6.45) is 0. The molecule has 1 aromatic carbocycles. The fourth-order valence-electron chi connectivity index (χ4n) is 1.05. The maximum absolute atomic E-state index is 11.5. The number of hydrogen-bond acceptors (Lipinski definition) is 2. The van der Waals surface area contributed by atoms with Gasteiger partial charge in [-0.2, -0.15) is 0 Å². The highest BCUT2D eigenvalue weighted by Crippen LogP contribution is 2.11. The topological polar surface area (TPSA) is 61.8 Å². The SMILES string of the molecule is Cc1ccc(S(=O)(=O)CC[NH3+])cc1. The molecule has 3 nitrogen and oxygen atoms in total. The van der Waals surface area contributed by atoms with E-state index in [1.54, 1.807) is 24.3 Å². The van der Waals surface area contributed by atoms with E-state index in [0.717, 1.165) is 5.56 Å². The van der Waals surface area contributed by atoms with Crippen molar-refractivity contribution in [3.63, 3.8) is 0 Å². The van der Waals surface area contributed by atoms with Crippen molar-refractivity contribution in [1.82, 2.24) is 0 Å². The minimum Gasteiger partial charge on any atom is -0.357 e. The molecule has 0 amide bonds. The van der Waals surface area contributed by atoms with Gasteiger partial charge in [0.15, 0.2) is 9.84 Å². The van der Waals surface area contributed by atoms with Gasteiger partial charge in [-0.25, -0.2) is 8.42 Å². The number of benzene rings is 1. The van der Waals surface area contributed by atoms with Gasteiger partial charge in [-0.1, -0.05) is 17.7 Å². The normalized spacial score (nSPS) is 11.5. The van der Waals surface area contributed by atoms with Gasteiger partial charge in [-0.05, 0) is 19.1 Å². The average molecular weight is 200 g/mol. The molecule has 0 fully saturated rings. The van der Waals surface area contributed by atoms with E-state index in [-0.39, 0.29) is 5.75 Å². The van der Waals surface area contributed by atoms with Gasteiger partial charge in [0.1, 0.15) is 5.75 Å². The zero-order valence-electron chi connectivity index (χ0n) is 7.66. The highest BCUT2D eigenvalue weighted by Gasteiger charge is 2.12. The van der Waals surface area contributed by atoms with E-state index < -0.39 is 9.84 Å². The minimum absolute atomic E-state index is 0.121. The Morgan fingerprint density at radius 2 is 1.77 bits per heavy atom. The van der Waals surface area contributed by atoms with Crippen LogP contribution in [-0.4, -0.2) is 20.7 Å². The highest BCUT2D eigenvalue weighted by molar-refractivity contribution is 7.91. The molecule has 0 spiro atoms. The lowest BCUT2D eigenvalue weighted by atomic mass is 10.2. The van der Waals surface area contributed by atoms with Crippen molar-refractivity contribution in [1.29, 1.82) is 0 Å². The van der Waals surface area contributed by atoms with Gasteiger partial charge >= 0.3 is 0 Å². The monoisotopic (exact) mass is 200 g/mol. The zero-order valence-corrected chi connectivity index (χ0v) is 8.47. The molecule has 1 rings (SSSR count). The predicted octanol–water partition coefficient (Wildman–Crippen LogP) is 0.0106. The zero-order chi connectivity index (χ0) is 9.90. The Morgan fingerprint density at radius 1 is 1.23 bits per heavy atom. The summed E-state index contributed by atoms with van der Waals surface area (Å²) in [6, 6.07) is 6.88. The van der Waals surface area contributed by atoms with Crippen molar-refractivity contribution < 1.29 is 14.2 Å². The molecule has 0 radical (unpaired) electrons. The van der Waals surface area contributed by atoms with Crippen molar-refractivity contribution in [2.24, 2.45) is 0 Å². The molecule has 0 saturated carbocycles. The van der Waals surface area contributed by atoms with Crippen LogP contribution in [-0.2, 0) is 9.84 Å². The molecular formula is C9H14NO2S+. The molecular weight excluding hydrogens is 186 g/mol. The van der Waals surface area contributed by atoms with Crippen LogP contribution in [0.4, 0.5) is 0 Å². The maximum atomic E-state index is 11.5. The standard InChI is InChI=1S/C9H13NO2S/c1-8-2-4-9(5-3-8)13(11,12)7-6-10/h2-5H,6-7,10H2,1H3/p+1. The molecule has 0 bridgehead atoms. The third-order valence-electron chi connectivity index (χ3n) is 1.79. The van der Waals surface area contributed by atoms with Gasteiger partial charge < -0.3 is 5.73 Å². The fraction of sp³-hybridized carbons (Fsp3) is 0.333. The molecule has 3 N–H and O–H groups in total. The van der Waals surface area contributed by atoms with Crippen molar-refractivity contribution in [2.45, 2.75) is 11.8 Å². The third-order valence-corrected chi connectivity index (χ3v) is 3.61. The molecule has 0 saturated heterocycles. The van der Waals surface area contributed by atoms with Crippen LogP contribution in [0.1, 0.15) is 5.56 Å². The van der Waals surface area contributed by atoms with Crippen molar-refractivity contribution in [3.8, 4) is 0 Å². The van der Waals surface area contributed by atoms with Crippen LogP contribution in [0.15, 0.2) is 29.2 Å². The van der Waals surface area contributed by atoms with Crippen LogP contribution >= 0.6 is 0 Å². The summed E-state index contributed by atoms with van der Waals surface area (Å²) in [6.45, 7) is 2.34. The maximum Gasteiger partial charge on any atom is 0.183 e. The number of hydrogen-bond donors (Lipinski definition) is 1. The van der Waals surface area contributed by atoms with Crippen molar-refractivity contribution >= 4 is 9.84 Å². The van der Waals surface area contributed by atoms with Gasteiger partial charge in [-0.3, -0.25) is 0 Å². The smallest absolute Gasteiger partial charge is 0.183 e. The van der Waals surface area contributed by atoms with E-state index in [2.05, 4.69) is 5.73 Å². The number of rotatable bonds is 3. The summed E-state index contributed by atoms with van der Waals surface area (Å²) in [5, 5.41) is 0. The molecule has 4 heteroatoms. The summed E-state index contributed by atoms with van der Waals surface area (Å²) < 4.78 is 23.0. The molecule has 0 heterocycles. The summed E-state index contributed by atoms with van der Waals surface area (Å²) >= 11 is 0. The van der Waals surface area contributed by atoms with E-state index in [9.17, 15) is 8.42 Å². The van der Waals surface area contributed by atoms with E-state index in [1.165, 1.54) is 0 Å². The lowest BCUT2D eigenvalue weighted by molar-refractivity contribution is -0.360. The Bertz CT molecular complexity index is 367. The van der Waals surface area contributed by atoms with Gasteiger partial charge in [0.25, 0.3) is 0 Å². The largest absolute Gasteiger partial charge is 0.357 e. The molecule has 0 aliphatic heterocycles. The van der Waals surface area contributed by atoms with Crippen molar-refractivity contribution in [3.05, 3.63) is 29.8 Å². The first-order valence-corrected chi connectivity index (χ1v) is 5.80. The first-order valence-electron chi connectivity index (χ1n) is 4.15. The summed E-state index contributed by atoms with van der Waals surface area (Å²) in [7, 11) is -3.09. The first-order chi connectivity index (χ1) is 6.06. The number of quaternary nitrogens is 1. The molecule has 0 aromatic heterocycles. The summed E-state index contributed by atoms with van der Waals surface area (Å²) in [5.74, 6) is 0.121. The second-order valence-corrected chi connectivity index (χ2v) is 5.09. The molecule has 72 valence electrons. The van der Waals surface area contributed by atoms with E-state index in [4.69, 9.17) is 0 Å². The van der Waals surface area contributed by atoms with Crippen LogP contribution in [0, 0.1) is 6.92 Å². The quantitative estimate of drug-likeness (QED) is 0.747. The van der Waals surface area contributed by atoms with Crippen LogP contribution in [0.2, 0.25) is 0 Å². The second-order valence-electron chi connectivity index (χ2n) is 2.99. The lowest BCUT2D eigenvalue weighted by Crippen LogP contribution is -2.53. The molecule has 13 heavy (non-hydrogen) atoms. The van der Waals surface area contributed by atoms with E-state index >= 15 is 0 Å². The van der Waals surface area contributed by atoms with Crippen LogP contribution in [0.5, 0.6) is 0 Å². The highest BCUT2D eigenvalue weighted by atomic mass is 32.2. The van der Waals surface area contributed by atoms with Crippen LogP contribution in [0.25, 0.3) is 0 Å². The van der Waals surface area contributed by atoms with Crippen molar-refractivity contribution in [2.75, 3.05) is 12.3 Å². The van der Waals surface area contributed by atoms with Crippen LogP contribution < -0.4 is 5.73 Å². The van der Waals surface area contributed by atoms with E-state index in [1.807, 2.05) is 6.92 Å². The summed E-state index contributed by atoms with van der Waals surface area (Å²) in [4.78, 5) is 0.391. The summed E-state index contributed by atoms with van der Waals surface area (Å²) in [5.41, 5.74) is 4.60. The average Bonchev–Trinajstić information content (AvgIpc) is 2.05. The minimum atomic E-state index is -3.09. The van der Waals surface area contributed by atoms with E-state index in [0.29, 0.717) is 11.4 Å². The Kier molecular flexibility index (Phi) is 3.06. The van der Waals surface area contributed by atoms with Crippen LogP contribution in [0.3, 0.4) is 0 Å². The molecule has 0 unspecified atom stereocenters. The Hall–Kier alpha value is -0.870. The predicted molar refractivity (Wildman–Crippen MR) is 51.0 cm³/mol. The third kappa shape index (κ3) is 2.54. The fourth-order valence-corrected chi connectivity index (χ4v) is 2.22. The lowest BCUT2D eigenvalue weighted by Gasteiger charge is -2.01. The second kappa shape index (κ2) is 3.89. The van der Waals surface area contributed by atoms with Gasteiger partial charge in [0, 0.05) is 0 Å².